The Morgan fingerprint density at radius 3 is 2.38 bits per heavy atom. The summed E-state index contributed by atoms with van der Waals surface area (Å²) in [6.07, 6.45) is 0.256. The highest BCUT2D eigenvalue weighted by atomic mass is 16.3. The molecule has 8 N–H and O–H groups in total. The van der Waals surface area contributed by atoms with Crippen molar-refractivity contribution >= 4 is 41.1 Å². The molecular formula is C29H37N7O6. The topological polar surface area (TPSA) is 209 Å². The van der Waals surface area contributed by atoms with Gasteiger partial charge in [-0.25, -0.2) is 0 Å². The molecule has 13 nitrogen and oxygen atoms in total. The second-order valence-corrected chi connectivity index (χ2v) is 9.91. The largest absolute Gasteiger partial charge is 0.380 e. The summed E-state index contributed by atoms with van der Waals surface area (Å²) in [5, 5.41) is 18.5. The van der Waals surface area contributed by atoms with Crippen molar-refractivity contribution in [2.24, 2.45) is 16.5 Å². The Hall–Kier alpha value is -4.78. The van der Waals surface area contributed by atoms with Crippen LogP contribution in [0.2, 0.25) is 0 Å². The van der Waals surface area contributed by atoms with Gasteiger partial charge < -0.3 is 37.4 Å². The van der Waals surface area contributed by atoms with Crippen LogP contribution >= 0.6 is 0 Å². The Bertz CT molecular complexity index is 1300. The fourth-order valence-electron chi connectivity index (χ4n) is 4.57. The summed E-state index contributed by atoms with van der Waals surface area (Å²) >= 11 is 0. The van der Waals surface area contributed by atoms with Crippen molar-refractivity contribution < 1.29 is 29.1 Å². The predicted molar refractivity (Wildman–Crippen MR) is 156 cm³/mol. The number of ketones is 1. The SMILES string of the molecule is CC(=O)NCC(=O)N1CCC[C@H]1C(=O)N[C@@H](CCCN=C(N)N)C(=O)Nc1ccc(C(O)C(=O)c2ccccc2)cc1. The van der Waals surface area contributed by atoms with Crippen LogP contribution in [0, 0.1) is 0 Å². The lowest BCUT2D eigenvalue weighted by Crippen LogP contribution is -2.53. The fraction of sp³-hybridized carbons (Fsp3) is 0.379. The molecule has 1 saturated heterocycles. The standard InChI is InChI=1S/C29H37N7O6/c1-18(37)33-17-24(38)36-16-6-10-23(36)28(42)35-22(9-5-15-32-29(30)31)27(41)34-21-13-11-20(12-14-21)26(40)25(39)19-7-3-2-4-8-19/h2-4,7-8,11-14,22-23,26,40H,5-6,9-10,15-17H2,1H3,(H,33,37)(H,34,41)(H,35,42)(H4,30,31,32)/t22-,23-,26?/m0/s1. The smallest absolute Gasteiger partial charge is 0.246 e. The minimum atomic E-state index is -1.37. The van der Waals surface area contributed by atoms with Crippen LogP contribution in [0.4, 0.5) is 5.69 Å². The van der Waals surface area contributed by atoms with Gasteiger partial charge in [0.15, 0.2) is 11.7 Å². The van der Waals surface area contributed by atoms with Gasteiger partial charge in [0.25, 0.3) is 0 Å². The van der Waals surface area contributed by atoms with E-state index in [2.05, 4.69) is 20.9 Å². The first-order valence-electron chi connectivity index (χ1n) is 13.6. The summed E-state index contributed by atoms with van der Waals surface area (Å²) in [6, 6.07) is 12.8. The van der Waals surface area contributed by atoms with Crippen LogP contribution in [0.5, 0.6) is 0 Å². The van der Waals surface area contributed by atoms with Gasteiger partial charge in [0.2, 0.25) is 23.6 Å². The molecular weight excluding hydrogens is 542 g/mol. The van der Waals surface area contributed by atoms with Gasteiger partial charge >= 0.3 is 0 Å². The first kappa shape index (κ1) is 31.7. The maximum absolute atomic E-state index is 13.3. The third-order valence-electron chi connectivity index (χ3n) is 6.74. The summed E-state index contributed by atoms with van der Waals surface area (Å²) in [4.78, 5) is 68.1. The third-order valence-corrected chi connectivity index (χ3v) is 6.74. The molecule has 2 aromatic carbocycles. The number of nitrogens with two attached hydrogens (primary N) is 2. The first-order chi connectivity index (χ1) is 20.1. The quantitative estimate of drug-likeness (QED) is 0.0834. The van der Waals surface area contributed by atoms with E-state index in [1.807, 2.05) is 0 Å². The highest BCUT2D eigenvalue weighted by molar-refractivity contribution is 6.00. The first-order valence-corrected chi connectivity index (χ1v) is 13.6. The maximum Gasteiger partial charge on any atom is 0.246 e. The van der Waals surface area contributed by atoms with Crippen molar-refractivity contribution in [2.75, 3.05) is 25.0 Å². The van der Waals surface area contributed by atoms with Crippen molar-refractivity contribution in [3.05, 3.63) is 65.7 Å². The molecule has 13 heteroatoms. The lowest BCUT2D eigenvalue weighted by molar-refractivity contribution is -0.139. The molecule has 4 amide bonds. The van der Waals surface area contributed by atoms with Crippen LogP contribution in [0.3, 0.4) is 0 Å². The Morgan fingerprint density at radius 1 is 1.05 bits per heavy atom. The number of likely N-dealkylation sites (tertiary alicyclic amines) is 1. The van der Waals surface area contributed by atoms with E-state index in [0.717, 1.165) is 0 Å². The Balaban J connectivity index is 1.67. The van der Waals surface area contributed by atoms with Crippen molar-refractivity contribution in [3.63, 3.8) is 0 Å². The molecule has 0 aliphatic carbocycles. The van der Waals surface area contributed by atoms with Crippen molar-refractivity contribution in [1.29, 1.82) is 0 Å². The summed E-state index contributed by atoms with van der Waals surface area (Å²) < 4.78 is 0. The van der Waals surface area contributed by atoms with Crippen LogP contribution in [-0.2, 0) is 19.2 Å². The van der Waals surface area contributed by atoms with Gasteiger partial charge in [-0.15, -0.1) is 0 Å². The number of nitrogens with zero attached hydrogens (tertiary/aromatic N) is 2. The molecule has 1 fully saturated rings. The zero-order chi connectivity index (χ0) is 30.6. The molecule has 1 heterocycles. The minimum absolute atomic E-state index is 0.0904. The van der Waals surface area contributed by atoms with E-state index in [1.165, 1.54) is 24.0 Å². The number of anilines is 1. The maximum atomic E-state index is 13.3. The number of amides is 4. The molecule has 224 valence electrons. The molecule has 3 rings (SSSR count). The van der Waals surface area contributed by atoms with E-state index < -0.39 is 35.8 Å². The molecule has 42 heavy (non-hydrogen) atoms. The number of carbonyl (C=O) groups is 5. The van der Waals surface area contributed by atoms with Crippen LogP contribution in [0.1, 0.15) is 54.6 Å². The summed E-state index contributed by atoms with van der Waals surface area (Å²) in [6.45, 7) is 1.69. The summed E-state index contributed by atoms with van der Waals surface area (Å²) in [5.74, 6) is -2.27. The summed E-state index contributed by atoms with van der Waals surface area (Å²) in [5.41, 5.74) is 11.9. The number of hydrogen-bond acceptors (Lipinski definition) is 7. The van der Waals surface area contributed by atoms with Crippen LogP contribution < -0.4 is 27.4 Å². The Labute approximate surface area is 243 Å². The normalized spacial score (nSPS) is 15.7. The lowest BCUT2D eigenvalue weighted by Gasteiger charge is -2.26. The number of benzene rings is 2. The van der Waals surface area contributed by atoms with E-state index >= 15 is 0 Å². The second kappa shape index (κ2) is 15.3. The molecule has 0 aromatic heterocycles. The number of Topliss-reactive ketones (excluding diaryl/α,β-unsaturated/α-hetero) is 1. The second-order valence-electron chi connectivity index (χ2n) is 9.91. The van der Waals surface area contributed by atoms with Crippen LogP contribution in [-0.4, -0.2) is 77.1 Å². The van der Waals surface area contributed by atoms with Gasteiger partial charge in [-0.1, -0.05) is 42.5 Å². The highest BCUT2D eigenvalue weighted by Crippen LogP contribution is 2.21. The molecule has 0 saturated carbocycles. The molecule has 1 aliphatic heterocycles. The molecule has 1 aliphatic rings. The number of aliphatic imine (C=N–C) groups is 1. The number of hydrogen-bond donors (Lipinski definition) is 6. The fourth-order valence-corrected chi connectivity index (χ4v) is 4.57. The van der Waals surface area contributed by atoms with Crippen molar-refractivity contribution in [3.8, 4) is 0 Å². The van der Waals surface area contributed by atoms with Crippen LogP contribution in [0.25, 0.3) is 0 Å². The van der Waals surface area contributed by atoms with Gasteiger partial charge in [-0.2, -0.15) is 0 Å². The molecule has 2 aromatic rings. The molecule has 3 atom stereocenters. The molecule has 0 spiro atoms. The van der Waals surface area contributed by atoms with Gasteiger partial charge in [-0.3, -0.25) is 29.0 Å². The number of carbonyl (C=O) groups excluding carboxylic acids is 5. The van der Waals surface area contributed by atoms with E-state index in [9.17, 15) is 29.1 Å². The number of aliphatic hydroxyl groups excluding tert-OH is 1. The number of guanidine groups is 1. The van der Waals surface area contributed by atoms with Crippen molar-refractivity contribution in [1.82, 2.24) is 15.5 Å². The zero-order valence-electron chi connectivity index (χ0n) is 23.4. The predicted octanol–water partition coefficient (Wildman–Crippen LogP) is 0.207. The average molecular weight is 580 g/mol. The van der Waals surface area contributed by atoms with Crippen molar-refractivity contribution in [2.45, 2.75) is 50.8 Å². The zero-order valence-corrected chi connectivity index (χ0v) is 23.4. The number of rotatable bonds is 13. The van der Waals surface area contributed by atoms with Gasteiger partial charge in [-0.05, 0) is 43.4 Å². The Kier molecular flexibility index (Phi) is 11.6. The number of nitrogens with one attached hydrogen (secondary N) is 3. The lowest BCUT2D eigenvalue weighted by atomic mass is 10.00. The van der Waals surface area contributed by atoms with Gasteiger partial charge in [0, 0.05) is 31.3 Å². The minimum Gasteiger partial charge on any atom is -0.380 e. The Morgan fingerprint density at radius 2 is 1.74 bits per heavy atom. The monoisotopic (exact) mass is 579 g/mol. The van der Waals surface area contributed by atoms with E-state index in [1.54, 1.807) is 42.5 Å². The van der Waals surface area contributed by atoms with E-state index in [-0.39, 0.29) is 37.3 Å². The average Bonchev–Trinajstić information content (AvgIpc) is 3.48. The summed E-state index contributed by atoms with van der Waals surface area (Å²) in [7, 11) is 0. The van der Waals surface area contributed by atoms with Gasteiger partial charge in [0.1, 0.15) is 18.2 Å². The third kappa shape index (κ3) is 9.13. The molecule has 0 radical (unpaired) electrons. The molecule has 1 unspecified atom stereocenters. The number of aliphatic hydroxyl groups is 1. The van der Waals surface area contributed by atoms with E-state index in [4.69, 9.17) is 11.5 Å². The van der Waals surface area contributed by atoms with Crippen LogP contribution in [0.15, 0.2) is 59.6 Å². The van der Waals surface area contributed by atoms with Gasteiger partial charge in [0.05, 0.1) is 6.54 Å². The molecule has 0 bridgehead atoms. The highest BCUT2D eigenvalue weighted by Gasteiger charge is 2.35. The van der Waals surface area contributed by atoms with E-state index in [0.29, 0.717) is 42.6 Å².